The molecule has 1 aliphatic rings. The molecule has 2 N–H and O–H groups in total. The largest absolute Gasteiger partial charge is 0.480 e. The van der Waals surface area contributed by atoms with Gasteiger partial charge in [-0.15, -0.1) is 0 Å². The van der Waals surface area contributed by atoms with Gasteiger partial charge in [0, 0.05) is 28.1 Å². The number of amides is 4. The fraction of sp³-hybridized carbons (Fsp3) is 0.200. The summed E-state index contributed by atoms with van der Waals surface area (Å²) in [5, 5.41) is 12.1. The van der Waals surface area contributed by atoms with Crippen molar-refractivity contribution in [1.82, 2.24) is 10.2 Å². The second-order valence-electron chi connectivity index (χ2n) is 6.74. The Kier molecular flexibility index (Phi) is 6.47. The molecule has 11 heteroatoms. The third-order valence-electron chi connectivity index (χ3n) is 4.63. The molecule has 4 amide bonds. The summed E-state index contributed by atoms with van der Waals surface area (Å²) in [5.74, 6) is -3.20. The molecule has 0 aromatic heterocycles. The summed E-state index contributed by atoms with van der Waals surface area (Å²) >= 11 is 11.9. The lowest BCUT2D eigenvalue weighted by Crippen LogP contribution is -2.35. The average Bonchev–Trinajstić information content (AvgIpc) is 2.97. The number of benzene rings is 2. The molecule has 31 heavy (non-hydrogen) atoms. The maximum Gasteiger partial charge on any atom is 0.325 e. The molecule has 1 aliphatic heterocycles. The van der Waals surface area contributed by atoms with Crippen molar-refractivity contribution in [2.24, 2.45) is 0 Å². The van der Waals surface area contributed by atoms with E-state index in [9.17, 15) is 23.6 Å². The number of nitrogens with one attached hydrogen (secondary N) is 1. The van der Waals surface area contributed by atoms with E-state index in [2.05, 4.69) is 5.32 Å². The smallest absolute Gasteiger partial charge is 0.325 e. The van der Waals surface area contributed by atoms with Crippen LogP contribution in [-0.4, -0.2) is 40.4 Å². The van der Waals surface area contributed by atoms with Crippen LogP contribution in [0.5, 0.6) is 0 Å². The van der Waals surface area contributed by atoms with Crippen LogP contribution in [0.2, 0.25) is 10.0 Å². The van der Waals surface area contributed by atoms with E-state index < -0.39 is 42.2 Å². The third-order valence-corrected chi connectivity index (χ3v) is 5.10. The second-order valence-corrected chi connectivity index (χ2v) is 7.62. The number of nitrogens with zero attached hydrogens (tertiary/aromatic N) is 2. The minimum absolute atomic E-state index is 0.0409. The van der Waals surface area contributed by atoms with E-state index in [0.717, 1.165) is 15.9 Å². The molecule has 0 aliphatic carbocycles. The van der Waals surface area contributed by atoms with Crippen molar-refractivity contribution in [3.8, 4) is 0 Å². The predicted octanol–water partition coefficient (Wildman–Crippen LogP) is 3.36. The van der Waals surface area contributed by atoms with E-state index in [1.165, 1.54) is 37.3 Å². The van der Waals surface area contributed by atoms with Gasteiger partial charge in [0.1, 0.15) is 18.4 Å². The Morgan fingerprint density at radius 3 is 2.45 bits per heavy atom. The van der Waals surface area contributed by atoms with Crippen LogP contribution < -0.4 is 10.2 Å². The molecule has 1 atom stereocenters. The first-order valence-electron chi connectivity index (χ1n) is 8.93. The van der Waals surface area contributed by atoms with Gasteiger partial charge in [0.15, 0.2) is 0 Å². The molecular formula is C20H16Cl2FN3O5. The molecular weight excluding hydrogens is 452 g/mol. The van der Waals surface area contributed by atoms with E-state index in [1.54, 1.807) is 0 Å². The lowest BCUT2D eigenvalue weighted by Gasteiger charge is -2.24. The molecule has 3 rings (SSSR count). The molecule has 162 valence electrons. The van der Waals surface area contributed by atoms with E-state index in [-0.39, 0.29) is 33.4 Å². The Balaban J connectivity index is 1.98. The van der Waals surface area contributed by atoms with Crippen LogP contribution in [0, 0.1) is 5.82 Å². The van der Waals surface area contributed by atoms with Gasteiger partial charge in [-0.25, -0.2) is 9.18 Å². The third kappa shape index (κ3) is 4.78. The van der Waals surface area contributed by atoms with Gasteiger partial charge in [-0.05, 0) is 36.4 Å². The molecule has 0 radical (unpaired) electrons. The lowest BCUT2D eigenvalue weighted by molar-refractivity contribution is -0.136. The van der Waals surface area contributed by atoms with Crippen LogP contribution in [0.15, 0.2) is 36.4 Å². The monoisotopic (exact) mass is 467 g/mol. The van der Waals surface area contributed by atoms with Crippen LogP contribution in [0.4, 0.5) is 14.9 Å². The van der Waals surface area contributed by atoms with Crippen molar-refractivity contribution in [2.75, 3.05) is 11.4 Å². The van der Waals surface area contributed by atoms with E-state index in [1.807, 2.05) is 0 Å². The van der Waals surface area contributed by atoms with Crippen molar-refractivity contribution in [3.63, 3.8) is 0 Å². The number of hydrogen-bond donors (Lipinski definition) is 2. The highest BCUT2D eigenvalue weighted by Gasteiger charge is 2.41. The van der Waals surface area contributed by atoms with E-state index in [0.29, 0.717) is 0 Å². The Hall–Kier alpha value is -3.17. The minimum atomic E-state index is -1.27. The molecule has 0 saturated carbocycles. The molecule has 1 saturated heterocycles. The van der Waals surface area contributed by atoms with Crippen molar-refractivity contribution in [3.05, 3.63) is 63.4 Å². The van der Waals surface area contributed by atoms with Crippen molar-refractivity contribution in [1.29, 1.82) is 0 Å². The number of urea groups is 1. The predicted molar refractivity (Wildman–Crippen MR) is 110 cm³/mol. The van der Waals surface area contributed by atoms with Crippen LogP contribution in [0.1, 0.15) is 24.1 Å². The van der Waals surface area contributed by atoms with Gasteiger partial charge < -0.3 is 15.3 Å². The Morgan fingerprint density at radius 1 is 1.16 bits per heavy atom. The molecule has 2 aromatic carbocycles. The first kappa shape index (κ1) is 22.5. The van der Waals surface area contributed by atoms with Gasteiger partial charge in [-0.3, -0.25) is 19.3 Å². The Labute approximate surface area is 186 Å². The molecule has 1 heterocycles. The molecule has 8 nitrogen and oxygen atoms in total. The number of carboxylic acid groups (broad SMARTS) is 1. The summed E-state index contributed by atoms with van der Waals surface area (Å²) in [4.78, 5) is 50.5. The highest BCUT2D eigenvalue weighted by Crippen LogP contribution is 2.34. The average molecular weight is 468 g/mol. The highest BCUT2D eigenvalue weighted by molar-refractivity contribution is 6.31. The van der Waals surface area contributed by atoms with E-state index >= 15 is 0 Å². The first-order valence-corrected chi connectivity index (χ1v) is 9.69. The SMILES string of the molecule is CC(=O)N(CC(=O)O)c1ccc(Cl)cc1C1NC(=O)N(Cc2cc(Cl)ccc2F)C1=O. The van der Waals surface area contributed by atoms with Gasteiger partial charge in [-0.2, -0.15) is 0 Å². The van der Waals surface area contributed by atoms with Crippen molar-refractivity contribution in [2.45, 2.75) is 19.5 Å². The molecule has 1 fully saturated rings. The summed E-state index contributed by atoms with van der Waals surface area (Å²) in [6, 6.07) is 5.91. The zero-order valence-corrected chi connectivity index (χ0v) is 17.6. The molecule has 1 unspecified atom stereocenters. The van der Waals surface area contributed by atoms with Crippen molar-refractivity contribution >= 4 is 52.7 Å². The molecule has 0 bridgehead atoms. The number of carbonyl (C=O) groups excluding carboxylic acids is 3. The summed E-state index contributed by atoms with van der Waals surface area (Å²) in [6.45, 7) is 0.149. The number of rotatable bonds is 6. The van der Waals surface area contributed by atoms with Crippen molar-refractivity contribution < 1.29 is 28.7 Å². The standard InChI is InChI=1S/C20H16Cl2FN3O5/c1-10(27)25(9-17(28)29)16-5-3-13(22)7-14(16)18-19(30)26(20(31)24-18)8-11-6-12(21)2-4-15(11)23/h2-7,18H,8-9H2,1H3,(H,24,31)(H,28,29). The fourth-order valence-corrected chi connectivity index (χ4v) is 3.59. The van der Waals surface area contributed by atoms with Gasteiger partial charge in [0.05, 0.1) is 12.2 Å². The zero-order valence-electron chi connectivity index (χ0n) is 16.1. The van der Waals surface area contributed by atoms with Gasteiger partial charge in [-0.1, -0.05) is 23.2 Å². The topological polar surface area (TPSA) is 107 Å². The minimum Gasteiger partial charge on any atom is -0.480 e. The number of anilines is 1. The number of carbonyl (C=O) groups is 4. The number of aliphatic carboxylic acids is 1. The quantitative estimate of drug-likeness (QED) is 0.633. The van der Waals surface area contributed by atoms with Crippen LogP contribution in [0.3, 0.4) is 0 Å². The molecule has 2 aromatic rings. The fourth-order valence-electron chi connectivity index (χ4n) is 3.22. The van der Waals surface area contributed by atoms with Crippen LogP contribution >= 0.6 is 23.2 Å². The number of halogens is 3. The lowest BCUT2D eigenvalue weighted by atomic mass is 10.0. The summed E-state index contributed by atoms with van der Waals surface area (Å²) in [5.41, 5.74) is 0.282. The number of carboxylic acids is 1. The summed E-state index contributed by atoms with van der Waals surface area (Å²) < 4.78 is 14.1. The highest BCUT2D eigenvalue weighted by atomic mass is 35.5. The summed E-state index contributed by atoms with van der Waals surface area (Å²) in [7, 11) is 0. The van der Waals surface area contributed by atoms with Crippen LogP contribution in [0.25, 0.3) is 0 Å². The Bertz CT molecular complexity index is 1090. The normalized spacial score (nSPS) is 15.7. The van der Waals surface area contributed by atoms with E-state index in [4.69, 9.17) is 28.3 Å². The molecule has 0 spiro atoms. The number of hydrogen-bond acceptors (Lipinski definition) is 4. The number of imide groups is 1. The maximum atomic E-state index is 14.1. The van der Waals surface area contributed by atoms with Gasteiger partial charge in [0.25, 0.3) is 5.91 Å². The van der Waals surface area contributed by atoms with Gasteiger partial charge >= 0.3 is 12.0 Å². The zero-order chi connectivity index (χ0) is 22.9. The van der Waals surface area contributed by atoms with Crippen LogP contribution in [-0.2, 0) is 20.9 Å². The first-order chi connectivity index (χ1) is 14.6. The second kappa shape index (κ2) is 8.91. The Morgan fingerprint density at radius 2 is 1.81 bits per heavy atom. The van der Waals surface area contributed by atoms with Gasteiger partial charge in [0.2, 0.25) is 5.91 Å². The summed E-state index contributed by atoms with van der Waals surface area (Å²) in [6.07, 6.45) is 0. The maximum absolute atomic E-state index is 14.1.